The van der Waals surface area contributed by atoms with Crippen LogP contribution in [0.2, 0.25) is 0 Å². The average Bonchev–Trinajstić information content (AvgIpc) is 2.60. The Hall–Kier alpha value is -0.0265. The van der Waals surface area contributed by atoms with Gasteiger partial charge >= 0.3 is 0 Å². The molecule has 0 spiro atoms. The van der Waals surface area contributed by atoms with E-state index in [1.54, 1.807) is 0 Å². The molecule has 4 atom stereocenters. The van der Waals surface area contributed by atoms with E-state index in [-0.39, 0.29) is 16.5 Å². The third kappa shape index (κ3) is 0.872. The van der Waals surface area contributed by atoms with E-state index < -0.39 is 0 Å². The van der Waals surface area contributed by atoms with Gasteiger partial charge in [-0.3, -0.25) is 0 Å². The Morgan fingerprint density at radius 1 is 1.00 bits per heavy atom. The SMILES string of the molecule is C1=CC2C3C=CC(C3)C2C1.[Ni]. The zero-order chi connectivity index (χ0) is 6.55. The van der Waals surface area contributed by atoms with Crippen LogP contribution in [0.1, 0.15) is 12.8 Å². The molecule has 1 heteroatoms. The van der Waals surface area contributed by atoms with Gasteiger partial charge in [0.2, 0.25) is 0 Å². The quantitative estimate of drug-likeness (QED) is 0.407. The van der Waals surface area contributed by atoms with E-state index in [1.807, 2.05) is 0 Å². The van der Waals surface area contributed by atoms with Crippen LogP contribution < -0.4 is 0 Å². The number of fused-ring (bicyclic) bond motifs is 5. The van der Waals surface area contributed by atoms with Crippen molar-refractivity contribution in [3.05, 3.63) is 24.3 Å². The molecule has 0 radical (unpaired) electrons. The monoisotopic (exact) mass is 190 g/mol. The van der Waals surface area contributed by atoms with Crippen LogP contribution in [0.5, 0.6) is 0 Å². The standard InChI is InChI=1S/C10H12.Ni/c1-2-9-7-4-5-8(6-7)10(9)3-1;/h1-2,4-5,7-10H,3,6H2;. The van der Waals surface area contributed by atoms with Crippen molar-refractivity contribution in [3.8, 4) is 0 Å². The average molecular weight is 191 g/mol. The second kappa shape index (κ2) is 2.49. The van der Waals surface area contributed by atoms with Crippen LogP contribution in [0, 0.1) is 23.7 Å². The van der Waals surface area contributed by atoms with Gasteiger partial charge in [-0.25, -0.2) is 0 Å². The molecule has 0 N–H and O–H groups in total. The maximum absolute atomic E-state index is 2.44. The molecule has 1 fully saturated rings. The fourth-order valence-electron chi connectivity index (χ4n) is 2.97. The molecule has 0 aliphatic heterocycles. The van der Waals surface area contributed by atoms with Gasteiger partial charge in [0.1, 0.15) is 0 Å². The van der Waals surface area contributed by atoms with Crippen LogP contribution in [0.15, 0.2) is 24.3 Å². The van der Waals surface area contributed by atoms with Crippen molar-refractivity contribution in [3.63, 3.8) is 0 Å². The van der Waals surface area contributed by atoms with E-state index >= 15 is 0 Å². The Morgan fingerprint density at radius 3 is 2.64 bits per heavy atom. The Balaban J connectivity index is 0.000000480. The first kappa shape index (κ1) is 7.61. The molecular weight excluding hydrogens is 179 g/mol. The van der Waals surface area contributed by atoms with Gasteiger partial charge < -0.3 is 0 Å². The van der Waals surface area contributed by atoms with Crippen LogP contribution in [-0.2, 0) is 16.5 Å². The maximum Gasteiger partial charge on any atom is 0 e. The van der Waals surface area contributed by atoms with Crippen molar-refractivity contribution in [1.82, 2.24) is 0 Å². The molecule has 0 aromatic heterocycles. The molecule has 0 heterocycles. The number of hydrogen-bond acceptors (Lipinski definition) is 0. The summed E-state index contributed by atoms with van der Waals surface area (Å²) in [5.41, 5.74) is 0. The summed E-state index contributed by atoms with van der Waals surface area (Å²) in [4.78, 5) is 0. The number of rotatable bonds is 0. The largest absolute Gasteiger partial charge is 0.0879 e. The first-order valence-electron chi connectivity index (χ1n) is 4.30. The minimum absolute atomic E-state index is 0. The van der Waals surface area contributed by atoms with Crippen LogP contribution in [0.25, 0.3) is 0 Å². The third-order valence-corrected chi connectivity index (χ3v) is 3.46. The molecule has 4 unspecified atom stereocenters. The summed E-state index contributed by atoms with van der Waals surface area (Å²) in [7, 11) is 0. The Kier molecular flexibility index (Phi) is 1.72. The van der Waals surface area contributed by atoms with Crippen molar-refractivity contribution in [2.24, 2.45) is 23.7 Å². The molecule has 0 aromatic carbocycles. The van der Waals surface area contributed by atoms with Crippen molar-refractivity contribution in [2.45, 2.75) is 12.8 Å². The molecule has 3 rings (SSSR count). The second-order valence-corrected chi connectivity index (χ2v) is 3.85. The molecule has 2 bridgehead atoms. The molecule has 0 aromatic rings. The first-order valence-corrected chi connectivity index (χ1v) is 4.30. The van der Waals surface area contributed by atoms with E-state index in [4.69, 9.17) is 0 Å². The third-order valence-electron chi connectivity index (χ3n) is 3.46. The second-order valence-electron chi connectivity index (χ2n) is 3.85. The molecule has 3 aliphatic rings. The predicted molar refractivity (Wildman–Crippen MR) is 41.5 cm³/mol. The van der Waals surface area contributed by atoms with Gasteiger partial charge in [0.25, 0.3) is 0 Å². The van der Waals surface area contributed by atoms with Crippen molar-refractivity contribution >= 4 is 0 Å². The summed E-state index contributed by atoms with van der Waals surface area (Å²) < 4.78 is 0. The first-order chi connectivity index (χ1) is 4.95. The molecule has 0 nitrogen and oxygen atoms in total. The Bertz CT molecular complexity index is 217. The van der Waals surface area contributed by atoms with E-state index in [1.165, 1.54) is 12.8 Å². The number of allylic oxidation sites excluding steroid dienone is 4. The summed E-state index contributed by atoms with van der Waals surface area (Å²) in [6.07, 6.45) is 12.5. The molecule has 3 aliphatic carbocycles. The summed E-state index contributed by atoms with van der Waals surface area (Å²) in [6.45, 7) is 0. The molecular formula is C10H12Ni. The molecule has 11 heavy (non-hydrogen) atoms. The van der Waals surface area contributed by atoms with E-state index in [0.29, 0.717) is 0 Å². The topological polar surface area (TPSA) is 0 Å². The van der Waals surface area contributed by atoms with Gasteiger partial charge in [-0.2, -0.15) is 0 Å². The normalized spacial score (nSPS) is 49.5. The van der Waals surface area contributed by atoms with Crippen LogP contribution in [0.3, 0.4) is 0 Å². The molecule has 62 valence electrons. The maximum atomic E-state index is 2.44. The van der Waals surface area contributed by atoms with E-state index in [2.05, 4.69) is 24.3 Å². The summed E-state index contributed by atoms with van der Waals surface area (Å²) in [6, 6.07) is 0. The Labute approximate surface area is 77.7 Å². The van der Waals surface area contributed by atoms with Crippen LogP contribution >= 0.6 is 0 Å². The minimum Gasteiger partial charge on any atom is -0.0879 e. The molecule has 1 saturated carbocycles. The zero-order valence-corrected chi connectivity index (χ0v) is 7.34. The smallest absolute Gasteiger partial charge is 0 e. The van der Waals surface area contributed by atoms with E-state index in [0.717, 1.165) is 23.7 Å². The minimum atomic E-state index is 0. The fourth-order valence-corrected chi connectivity index (χ4v) is 2.97. The van der Waals surface area contributed by atoms with Crippen LogP contribution in [0.4, 0.5) is 0 Å². The molecule has 0 saturated heterocycles. The van der Waals surface area contributed by atoms with Crippen molar-refractivity contribution < 1.29 is 16.5 Å². The van der Waals surface area contributed by atoms with E-state index in [9.17, 15) is 0 Å². The van der Waals surface area contributed by atoms with Crippen molar-refractivity contribution in [2.75, 3.05) is 0 Å². The summed E-state index contributed by atoms with van der Waals surface area (Å²) >= 11 is 0. The van der Waals surface area contributed by atoms with Gasteiger partial charge in [-0.05, 0) is 36.5 Å². The van der Waals surface area contributed by atoms with Gasteiger partial charge in [0.15, 0.2) is 0 Å². The fraction of sp³-hybridized carbons (Fsp3) is 0.600. The van der Waals surface area contributed by atoms with Gasteiger partial charge in [-0.15, -0.1) is 0 Å². The Morgan fingerprint density at radius 2 is 1.82 bits per heavy atom. The molecule has 0 amide bonds. The van der Waals surface area contributed by atoms with Gasteiger partial charge in [0.05, 0.1) is 0 Å². The summed E-state index contributed by atoms with van der Waals surface area (Å²) in [5.74, 6) is 3.82. The van der Waals surface area contributed by atoms with Gasteiger partial charge in [0, 0.05) is 16.5 Å². The predicted octanol–water partition coefficient (Wildman–Crippen LogP) is 2.38. The van der Waals surface area contributed by atoms with Gasteiger partial charge in [-0.1, -0.05) is 24.3 Å². The van der Waals surface area contributed by atoms with Crippen molar-refractivity contribution in [1.29, 1.82) is 0 Å². The summed E-state index contributed by atoms with van der Waals surface area (Å²) in [5, 5.41) is 0. The van der Waals surface area contributed by atoms with Crippen LogP contribution in [-0.4, -0.2) is 0 Å². The number of hydrogen-bond donors (Lipinski definition) is 0. The zero-order valence-electron chi connectivity index (χ0n) is 6.35.